The molecule has 1 aliphatic heterocycles. The molecule has 0 aromatic heterocycles. The van der Waals surface area contributed by atoms with Gasteiger partial charge < -0.3 is 10.2 Å². The molecule has 0 spiro atoms. The van der Waals surface area contributed by atoms with Crippen molar-refractivity contribution in [3.63, 3.8) is 0 Å². The third kappa shape index (κ3) is 4.25. The molecule has 3 nitrogen and oxygen atoms in total. The molecular weight excluding hydrogens is 364 g/mol. The number of nitrogens with zero attached hydrogens (tertiary/aromatic N) is 1. The van der Waals surface area contributed by atoms with Gasteiger partial charge in [-0.2, -0.15) is 0 Å². The van der Waals surface area contributed by atoms with Crippen molar-refractivity contribution in [1.82, 2.24) is 10.2 Å². The summed E-state index contributed by atoms with van der Waals surface area (Å²) < 4.78 is 1.05. The van der Waals surface area contributed by atoms with E-state index in [1.165, 1.54) is 5.56 Å². The van der Waals surface area contributed by atoms with Gasteiger partial charge in [-0.1, -0.05) is 45.8 Å². The number of halogens is 1. The first kappa shape index (κ1) is 17.2. The van der Waals surface area contributed by atoms with Crippen LogP contribution in [0.2, 0.25) is 0 Å². The summed E-state index contributed by atoms with van der Waals surface area (Å²) >= 11 is 3.52. The van der Waals surface area contributed by atoms with E-state index < -0.39 is 0 Å². The number of hydrogen-bond donors (Lipinski definition) is 1. The van der Waals surface area contributed by atoms with E-state index >= 15 is 0 Å². The summed E-state index contributed by atoms with van der Waals surface area (Å²) in [6, 6.07) is 16.4. The summed E-state index contributed by atoms with van der Waals surface area (Å²) in [7, 11) is 0. The Balaban J connectivity index is 1.86. The second-order valence-electron chi connectivity index (χ2n) is 6.41. The number of piperidine rings is 1. The van der Waals surface area contributed by atoms with Gasteiger partial charge in [-0.3, -0.25) is 4.79 Å². The average molecular weight is 387 g/mol. The van der Waals surface area contributed by atoms with Gasteiger partial charge in [0.05, 0.1) is 0 Å². The molecule has 0 radical (unpaired) electrons. The molecule has 1 N–H and O–H groups in total. The molecule has 0 bridgehead atoms. The summed E-state index contributed by atoms with van der Waals surface area (Å²) in [4.78, 5) is 15.2. The van der Waals surface area contributed by atoms with Crippen LogP contribution in [0.25, 0.3) is 0 Å². The van der Waals surface area contributed by atoms with Crippen LogP contribution < -0.4 is 5.32 Å². The number of nitrogens with one attached hydrogen (secondary N) is 1. The highest BCUT2D eigenvalue weighted by atomic mass is 79.9. The zero-order valence-corrected chi connectivity index (χ0v) is 15.6. The molecule has 3 rings (SSSR count). The fourth-order valence-electron chi connectivity index (χ4n) is 3.18. The summed E-state index contributed by atoms with van der Waals surface area (Å²) in [5.41, 5.74) is 3.10. The van der Waals surface area contributed by atoms with Crippen molar-refractivity contribution < 1.29 is 4.79 Å². The maximum atomic E-state index is 13.1. The molecule has 4 heteroatoms. The lowest BCUT2D eigenvalue weighted by Gasteiger charge is -2.35. The third-order valence-corrected chi connectivity index (χ3v) is 5.04. The van der Waals surface area contributed by atoms with Gasteiger partial charge in [-0.25, -0.2) is 0 Å². The molecule has 1 aliphatic rings. The van der Waals surface area contributed by atoms with Gasteiger partial charge in [0.1, 0.15) is 0 Å². The van der Waals surface area contributed by atoms with Gasteiger partial charge in [0.2, 0.25) is 0 Å². The molecule has 0 saturated carbocycles. The van der Waals surface area contributed by atoms with Gasteiger partial charge in [0.25, 0.3) is 5.91 Å². The maximum Gasteiger partial charge on any atom is 0.254 e. The van der Waals surface area contributed by atoms with Crippen LogP contribution in [-0.4, -0.2) is 29.9 Å². The van der Waals surface area contributed by atoms with Crippen LogP contribution in [0.5, 0.6) is 0 Å². The van der Waals surface area contributed by atoms with E-state index in [0.717, 1.165) is 41.5 Å². The molecule has 1 heterocycles. The Hall–Kier alpha value is -1.65. The van der Waals surface area contributed by atoms with E-state index in [4.69, 9.17) is 0 Å². The normalized spacial score (nSPS) is 15.2. The van der Waals surface area contributed by atoms with Crippen molar-refractivity contribution in [1.29, 1.82) is 0 Å². The van der Waals surface area contributed by atoms with E-state index in [2.05, 4.69) is 33.4 Å². The van der Waals surface area contributed by atoms with E-state index in [1.54, 1.807) is 0 Å². The molecule has 0 unspecified atom stereocenters. The molecule has 0 aliphatic carbocycles. The number of benzene rings is 2. The van der Waals surface area contributed by atoms with Gasteiger partial charge in [0.15, 0.2) is 0 Å². The molecule has 1 amide bonds. The highest BCUT2D eigenvalue weighted by molar-refractivity contribution is 9.10. The van der Waals surface area contributed by atoms with Crippen LogP contribution in [0, 0.1) is 6.92 Å². The van der Waals surface area contributed by atoms with Crippen molar-refractivity contribution >= 4 is 21.8 Å². The number of rotatable bonds is 4. The predicted molar refractivity (Wildman–Crippen MR) is 101 cm³/mol. The van der Waals surface area contributed by atoms with Crippen LogP contribution in [-0.2, 0) is 6.54 Å². The van der Waals surface area contributed by atoms with E-state index in [0.29, 0.717) is 12.6 Å². The molecular formula is C20H23BrN2O. The Bertz CT molecular complexity index is 693. The predicted octanol–water partition coefficient (Wildman–Crippen LogP) is 4.15. The van der Waals surface area contributed by atoms with Crippen LogP contribution in [0.4, 0.5) is 0 Å². The summed E-state index contributed by atoms with van der Waals surface area (Å²) in [6.07, 6.45) is 2.01. The van der Waals surface area contributed by atoms with Crippen molar-refractivity contribution in [2.45, 2.75) is 32.4 Å². The van der Waals surface area contributed by atoms with Crippen LogP contribution in [0.1, 0.15) is 34.3 Å². The minimum atomic E-state index is 0.127. The Morgan fingerprint density at radius 2 is 1.88 bits per heavy atom. The summed E-state index contributed by atoms with van der Waals surface area (Å²) in [6.45, 7) is 4.64. The third-order valence-electron chi connectivity index (χ3n) is 4.55. The summed E-state index contributed by atoms with van der Waals surface area (Å²) in [5.74, 6) is 0.127. The lowest BCUT2D eigenvalue weighted by molar-refractivity contribution is 0.0623. The summed E-state index contributed by atoms with van der Waals surface area (Å²) in [5, 5.41) is 3.38. The fraction of sp³-hybridized carbons (Fsp3) is 0.350. The van der Waals surface area contributed by atoms with E-state index in [9.17, 15) is 4.79 Å². The monoisotopic (exact) mass is 386 g/mol. The lowest BCUT2D eigenvalue weighted by Crippen LogP contribution is -2.45. The zero-order valence-electron chi connectivity index (χ0n) is 14.0. The first-order chi connectivity index (χ1) is 11.6. The molecule has 2 aromatic carbocycles. The van der Waals surface area contributed by atoms with Crippen molar-refractivity contribution in [2.75, 3.05) is 13.1 Å². The smallest absolute Gasteiger partial charge is 0.254 e. The maximum absolute atomic E-state index is 13.1. The SMILES string of the molecule is Cc1ccc(C(=O)N(Cc2cccc(Br)c2)C2CCNCC2)cc1. The fourth-order valence-corrected chi connectivity index (χ4v) is 3.63. The molecule has 126 valence electrons. The Morgan fingerprint density at radius 3 is 2.54 bits per heavy atom. The topological polar surface area (TPSA) is 32.3 Å². The second-order valence-corrected chi connectivity index (χ2v) is 7.33. The van der Waals surface area contributed by atoms with Gasteiger partial charge >= 0.3 is 0 Å². The van der Waals surface area contributed by atoms with E-state index in [1.807, 2.05) is 48.2 Å². The first-order valence-corrected chi connectivity index (χ1v) is 9.25. The van der Waals surface area contributed by atoms with Gasteiger partial charge in [-0.05, 0) is 62.7 Å². The molecule has 24 heavy (non-hydrogen) atoms. The standard InChI is InChI=1S/C20H23BrN2O/c1-15-5-7-17(8-6-15)20(24)23(19-9-11-22-12-10-19)14-16-3-2-4-18(21)13-16/h2-8,13,19,22H,9-12,14H2,1H3. The number of aryl methyl sites for hydroxylation is 1. The first-order valence-electron chi connectivity index (χ1n) is 8.46. The van der Waals surface area contributed by atoms with Crippen molar-refractivity contribution in [2.24, 2.45) is 0 Å². The molecule has 1 saturated heterocycles. The largest absolute Gasteiger partial charge is 0.331 e. The number of carbonyl (C=O) groups is 1. The van der Waals surface area contributed by atoms with Crippen molar-refractivity contribution in [3.8, 4) is 0 Å². The van der Waals surface area contributed by atoms with Crippen LogP contribution >= 0.6 is 15.9 Å². The molecule has 2 aromatic rings. The van der Waals surface area contributed by atoms with Crippen LogP contribution in [0.15, 0.2) is 53.0 Å². The van der Waals surface area contributed by atoms with Gasteiger partial charge in [0, 0.05) is 22.6 Å². The minimum absolute atomic E-state index is 0.127. The Labute approximate surface area is 152 Å². The van der Waals surface area contributed by atoms with E-state index in [-0.39, 0.29) is 5.91 Å². The number of hydrogen-bond acceptors (Lipinski definition) is 2. The van der Waals surface area contributed by atoms with Crippen LogP contribution in [0.3, 0.4) is 0 Å². The second kappa shape index (κ2) is 7.95. The zero-order chi connectivity index (χ0) is 16.9. The highest BCUT2D eigenvalue weighted by Crippen LogP contribution is 2.21. The number of amides is 1. The quantitative estimate of drug-likeness (QED) is 0.855. The Morgan fingerprint density at radius 1 is 1.17 bits per heavy atom. The minimum Gasteiger partial charge on any atom is -0.331 e. The lowest BCUT2D eigenvalue weighted by atomic mass is 10.0. The highest BCUT2D eigenvalue weighted by Gasteiger charge is 2.26. The van der Waals surface area contributed by atoms with Gasteiger partial charge in [-0.15, -0.1) is 0 Å². The molecule has 1 fully saturated rings. The average Bonchev–Trinajstić information content (AvgIpc) is 2.61. The van der Waals surface area contributed by atoms with Crippen molar-refractivity contribution in [3.05, 3.63) is 69.7 Å². The number of carbonyl (C=O) groups excluding carboxylic acids is 1. The molecule has 0 atom stereocenters. The Kier molecular flexibility index (Phi) is 5.69.